The molecule has 0 radical (unpaired) electrons. The van der Waals surface area contributed by atoms with Crippen molar-refractivity contribution in [3.63, 3.8) is 0 Å². The highest BCUT2D eigenvalue weighted by Gasteiger charge is 2.23. The first-order valence-electron chi connectivity index (χ1n) is 7.58. The quantitative estimate of drug-likeness (QED) is 0.914. The summed E-state index contributed by atoms with van der Waals surface area (Å²) in [6, 6.07) is 12.7. The monoisotopic (exact) mass is 310 g/mol. The molecule has 1 atom stereocenters. The fourth-order valence-corrected chi connectivity index (χ4v) is 2.38. The van der Waals surface area contributed by atoms with Crippen LogP contribution in [0.3, 0.4) is 0 Å². The summed E-state index contributed by atoms with van der Waals surface area (Å²) in [5.41, 5.74) is 2.94. The van der Waals surface area contributed by atoms with E-state index in [9.17, 15) is 9.59 Å². The van der Waals surface area contributed by atoms with Crippen LogP contribution in [0.5, 0.6) is 5.75 Å². The van der Waals surface area contributed by atoms with Crippen LogP contribution in [0.4, 0.5) is 11.4 Å². The van der Waals surface area contributed by atoms with Gasteiger partial charge in [0.15, 0.2) is 6.10 Å². The minimum absolute atomic E-state index is 0.191. The molecule has 0 saturated heterocycles. The number of carbonyl (C=O) groups is 2. The van der Waals surface area contributed by atoms with Gasteiger partial charge < -0.3 is 15.4 Å². The van der Waals surface area contributed by atoms with Crippen molar-refractivity contribution >= 4 is 23.2 Å². The number of nitrogens with one attached hydrogen (secondary N) is 2. The van der Waals surface area contributed by atoms with Crippen molar-refractivity contribution in [3.8, 4) is 5.75 Å². The molecular weight excluding hydrogens is 292 g/mol. The Morgan fingerprint density at radius 1 is 1.22 bits per heavy atom. The predicted molar refractivity (Wildman–Crippen MR) is 88.9 cm³/mol. The Hall–Kier alpha value is -2.82. The average Bonchev–Trinajstić information content (AvgIpc) is 2.56. The number of fused-ring (bicyclic) bond motifs is 1. The van der Waals surface area contributed by atoms with Crippen LogP contribution in [0.25, 0.3) is 0 Å². The molecule has 0 fully saturated rings. The lowest BCUT2D eigenvalue weighted by Crippen LogP contribution is -2.34. The van der Waals surface area contributed by atoms with E-state index >= 15 is 0 Å². The summed E-state index contributed by atoms with van der Waals surface area (Å²) < 4.78 is 5.49. The summed E-state index contributed by atoms with van der Waals surface area (Å²) in [6.07, 6.45) is 0.421. The molecule has 2 N–H and O–H groups in total. The topological polar surface area (TPSA) is 67.4 Å². The largest absolute Gasteiger partial charge is 0.479 e. The summed E-state index contributed by atoms with van der Waals surface area (Å²) in [5, 5.41) is 5.59. The molecule has 1 heterocycles. The van der Waals surface area contributed by atoms with Gasteiger partial charge in [-0.3, -0.25) is 9.59 Å². The number of hydrogen-bond donors (Lipinski definition) is 2. The van der Waals surface area contributed by atoms with Crippen molar-refractivity contribution in [2.45, 2.75) is 26.4 Å². The van der Waals surface area contributed by atoms with E-state index in [0.717, 1.165) is 6.42 Å². The SMILES string of the molecule is CCc1ccc(C(=O)Nc2ccc3c(c2)NC(=O)C(C)O3)cc1. The van der Waals surface area contributed by atoms with Gasteiger partial charge in [0.2, 0.25) is 0 Å². The smallest absolute Gasteiger partial charge is 0.265 e. The molecular formula is C18H18N2O3. The van der Waals surface area contributed by atoms with Gasteiger partial charge in [0.25, 0.3) is 11.8 Å². The third-order valence-corrected chi connectivity index (χ3v) is 3.79. The minimum Gasteiger partial charge on any atom is -0.479 e. The summed E-state index contributed by atoms with van der Waals surface area (Å²) in [6.45, 7) is 3.76. The van der Waals surface area contributed by atoms with Crippen LogP contribution >= 0.6 is 0 Å². The Kier molecular flexibility index (Phi) is 4.02. The molecule has 0 aliphatic carbocycles. The number of benzene rings is 2. The molecule has 0 bridgehead atoms. The summed E-state index contributed by atoms with van der Waals surface area (Å²) in [4.78, 5) is 23.9. The van der Waals surface area contributed by atoms with E-state index in [1.165, 1.54) is 5.56 Å². The molecule has 2 aromatic carbocycles. The third kappa shape index (κ3) is 3.18. The normalized spacial score (nSPS) is 16.1. The van der Waals surface area contributed by atoms with E-state index in [1.54, 1.807) is 37.3 Å². The molecule has 1 aliphatic heterocycles. The first-order chi connectivity index (χ1) is 11.1. The van der Waals surface area contributed by atoms with Gasteiger partial charge in [-0.15, -0.1) is 0 Å². The van der Waals surface area contributed by atoms with Crippen LogP contribution in [0.15, 0.2) is 42.5 Å². The molecule has 1 unspecified atom stereocenters. The van der Waals surface area contributed by atoms with Crippen LogP contribution in [0, 0.1) is 0 Å². The summed E-state index contributed by atoms with van der Waals surface area (Å²) in [7, 11) is 0. The molecule has 0 aromatic heterocycles. The highest BCUT2D eigenvalue weighted by Crippen LogP contribution is 2.32. The van der Waals surface area contributed by atoms with Gasteiger partial charge in [0.1, 0.15) is 5.75 Å². The first-order valence-corrected chi connectivity index (χ1v) is 7.58. The molecule has 5 heteroatoms. The molecule has 118 valence electrons. The van der Waals surface area contributed by atoms with Crippen LogP contribution in [-0.2, 0) is 11.2 Å². The van der Waals surface area contributed by atoms with Crippen LogP contribution in [0.2, 0.25) is 0 Å². The zero-order chi connectivity index (χ0) is 16.4. The minimum atomic E-state index is -0.514. The lowest BCUT2D eigenvalue weighted by molar-refractivity contribution is -0.122. The van der Waals surface area contributed by atoms with Gasteiger partial charge in [0.05, 0.1) is 5.69 Å². The summed E-state index contributed by atoms with van der Waals surface area (Å²) >= 11 is 0. The zero-order valence-corrected chi connectivity index (χ0v) is 13.1. The maximum Gasteiger partial charge on any atom is 0.265 e. The van der Waals surface area contributed by atoms with Gasteiger partial charge in [-0.25, -0.2) is 0 Å². The fourth-order valence-electron chi connectivity index (χ4n) is 2.38. The van der Waals surface area contributed by atoms with Crippen molar-refractivity contribution in [2.75, 3.05) is 10.6 Å². The maximum absolute atomic E-state index is 12.3. The molecule has 5 nitrogen and oxygen atoms in total. The van der Waals surface area contributed by atoms with E-state index in [-0.39, 0.29) is 11.8 Å². The standard InChI is InChI=1S/C18H18N2O3/c1-3-12-4-6-13(7-5-12)18(22)19-14-8-9-16-15(10-14)20-17(21)11(2)23-16/h4-11H,3H2,1-2H3,(H,19,22)(H,20,21). The Labute approximate surface area is 134 Å². The van der Waals surface area contributed by atoms with E-state index in [1.807, 2.05) is 12.1 Å². The number of ether oxygens (including phenoxy) is 1. The Bertz CT molecular complexity index is 753. The highest BCUT2D eigenvalue weighted by molar-refractivity contribution is 6.05. The van der Waals surface area contributed by atoms with Gasteiger partial charge in [-0.2, -0.15) is 0 Å². The van der Waals surface area contributed by atoms with Gasteiger partial charge in [-0.1, -0.05) is 19.1 Å². The van der Waals surface area contributed by atoms with E-state index in [2.05, 4.69) is 17.6 Å². The molecule has 3 rings (SSSR count). The third-order valence-electron chi connectivity index (χ3n) is 3.79. The van der Waals surface area contributed by atoms with Crippen LogP contribution < -0.4 is 15.4 Å². The fraction of sp³-hybridized carbons (Fsp3) is 0.222. The predicted octanol–water partition coefficient (Wildman–Crippen LogP) is 3.22. The lowest BCUT2D eigenvalue weighted by atomic mass is 10.1. The molecule has 2 aromatic rings. The van der Waals surface area contributed by atoms with E-state index in [0.29, 0.717) is 22.7 Å². The van der Waals surface area contributed by atoms with E-state index in [4.69, 9.17) is 4.74 Å². The number of aryl methyl sites for hydroxylation is 1. The van der Waals surface area contributed by atoms with Gasteiger partial charge >= 0.3 is 0 Å². The molecule has 2 amide bonds. The second-order valence-corrected chi connectivity index (χ2v) is 5.46. The summed E-state index contributed by atoms with van der Waals surface area (Å²) in [5.74, 6) is 0.211. The van der Waals surface area contributed by atoms with E-state index < -0.39 is 6.10 Å². The molecule has 0 saturated carbocycles. The van der Waals surface area contributed by atoms with Crippen molar-refractivity contribution in [1.29, 1.82) is 0 Å². The Morgan fingerprint density at radius 2 is 1.96 bits per heavy atom. The number of carbonyl (C=O) groups excluding carboxylic acids is 2. The van der Waals surface area contributed by atoms with Crippen molar-refractivity contribution in [3.05, 3.63) is 53.6 Å². The molecule has 0 spiro atoms. The van der Waals surface area contributed by atoms with Crippen molar-refractivity contribution in [1.82, 2.24) is 0 Å². The van der Waals surface area contributed by atoms with Crippen LogP contribution in [0.1, 0.15) is 29.8 Å². The number of rotatable bonds is 3. The highest BCUT2D eigenvalue weighted by atomic mass is 16.5. The molecule has 23 heavy (non-hydrogen) atoms. The van der Waals surface area contributed by atoms with Crippen molar-refractivity contribution in [2.24, 2.45) is 0 Å². The second-order valence-electron chi connectivity index (χ2n) is 5.46. The Balaban J connectivity index is 1.76. The van der Waals surface area contributed by atoms with Crippen LogP contribution in [-0.4, -0.2) is 17.9 Å². The number of hydrogen-bond acceptors (Lipinski definition) is 3. The number of anilines is 2. The maximum atomic E-state index is 12.3. The van der Waals surface area contributed by atoms with Gasteiger partial charge in [0, 0.05) is 11.3 Å². The Morgan fingerprint density at radius 3 is 2.65 bits per heavy atom. The average molecular weight is 310 g/mol. The zero-order valence-electron chi connectivity index (χ0n) is 13.1. The molecule has 1 aliphatic rings. The second kappa shape index (κ2) is 6.12. The number of amides is 2. The lowest BCUT2D eigenvalue weighted by Gasteiger charge is -2.23. The van der Waals surface area contributed by atoms with Gasteiger partial charge in [-0.05, 0) is 49.2 Å². The first kappa shape index (κ1) is 15.1. The van der Waals surface area contributed by atoms with Crippen molar-refractivity contribution < 1.29 is 14.3 Å².